The van der Waals surface area contributed by atoms with E-state index >= 15 is 0 Å². The van der Waals surface area contributed by atoms with Gasteiger partial charge in [-0.25, -0.2) is 0 Å². The molecular formula is C19H19N3O4. The molecule has 26 heavy (non-hydrogen) atoms. The van der Waals surface area contributed by atoms with Gasteiger partial charge in [-0.2, -0.15) is 0 Å². The van der Waals surface area contributed by atoms with Gasteiger partial charge in [0, 0.05) is 23.8 Å². The number of nitro groups is 1. The molecule has 0 atom stereocenters. The first-order chi connectivity index (χ1) is 12.4. The van der Waals surface area contributed by atoms with Crippen LogP contribution in [0.25, 0.3) is 6.08 Å². The van der Waals surface area contributed by atoms with Gasteiger partial charge in [0.25, 0.3) is 17.5 Å². The van der Waals surface area contributed by atoms with Crippen molar-refractivity contribution in [2.24, 2.45) is 0 Å². The molecule has 2 aromatic carbocycles. The molecule has 7 heteroatoms. The van der Waals surface area contributed by atoms with Crippen LogP contribution in [0.5, 0.6) is 0 Å². The van der Waals surface area contributed by atoms with E-state index in [-0.39, 0.29) is 11.3 Å². The predicted molar refractivity (Wildman–Crippen MR) is 98.3 cm³/mol. The average molecular weight is 353 g/mol. The standard InChI is InChI=1S/C19H19N3O4/c1-13(2)15-6-3-14(4-7-15)5-12-18(23)20-21-19(24)16-8-10-17(11-9-16)22(25)26/h3-13H,1-2H3,(H,20,23)(H,21,24)/b12-5+. The second-order valence-corrected chi connectivity index (χ2v) is 5.90. The Morgan fingerprint density at radius 2 is 1.62 bits per heavy atom. The minimum atomic E-state index is -0.567. The highest BCUT2D eigenvalue weighted by Crippen LogP contribution is 2.15. The molecule has 0 aliphatic heterocycles. The number of non-ortho nitro benzene ring substituents is 1. The second-order valence-electron chi connectivity index (χ2n) is 5.90. The molecule has 7 nitrogen and oxygen atoms in total. The van der Waals surface area contributed by atoms with Crippen molar-refractivity contribution in [1.82, 2.24) is 10.9 Å². The van der Waals surface area contributed by atoms with E-state index in [9.17, 15) is 19.7 Å². The van der Waals surface area contributed by atoms with Crippen molar-refractivity contribution in [1.29, 1.82) is 0 Å². The lowest BCUT2D eigenvalue weighted by Gasteiger charge is -2.06. The van der Waals surface area contributed by atoms with E-state index in [1.54, 1.807) is 6.08 Å². The van der Waals surface area contributed by atoms with Gasteiger partial charge in [-0.1, -0.05) is 38.1 Å². The molecule has 0 spiro atoms. The first-order valence-electron chi connectivity index (χ1n) is 7.99. The number of carbonyl (C=O) groups is 2. The van der Waals surface area contributed by atoms with Crippen LogP contribution in [-0.2, 0) is 4.79 Å². The zero-order valence-corrected chi connectivity index (χ0v) is 14.4. The van der Waals surface area contributed by atoms with E-state index in [2.05, 4.69) is 24.7 Å². The first kappa shape index (κ1) is 18.9. The van der Waals surface area contributed by atoms with Crippen molar-refractivity contribution in [3.05, 3.63) is 81.4 Å². The summed E-state index contributed by atoms with van der Waals surface area (Å²) in [5.41, 5.74) is 6.67. The van der Waals surface area contributed by atoms with E-state index in [0.717, 1.165) is 5.56 Å². The molecule has 0 radical (unpaired) electrons. The van der Waals surface area contributed by atoms with Crippen LogP contribution in [0, 0.1) is 10.1 Å². The van der Waals surface area contributed by atoms with E-state index in [1.165, 1.54) is 35.9 Å². The molecule has 2 rings (SSSR count). The van der Waals surface area contributed by atoms with Crippen LogP contribution in [0.3, 0.4) is 0 Å². The summed E-state index contributed by atoms with van der Waals surface area (Å²) < 4.78 is 0. The third kappa shape index (κ3) is 5.27. The van der Waals surface area contributed by atoms with Gasteiger partial charge in [0.1, 0.15) is 0 Å². The number of benzene rings is 2. The van der Waals surface area contributed by atoms with Crippen LogP contribution in [0.4, 0.5) is 5.69 Å². The van der Waals surface area contributed by atoms with E-state index in [4.69, 9.17) is 0 Å². The Balaban J connectivity index is 1.87. The summed E-state index contributed by atoms with van der Waals surface area (Å²) in [7, 11) is 0. The molecule has 0 aliphatic rings. The number of nitrogens with one attached hydrogen (secondary N) is 2. The minimum Gasteiger partial charge on any atom is -0.268 e. The Kier molecular flexibility index (Phi) is 6.21. The first-order valence-corrected chi connectivity index (χ1v) is 7.99. The van der Waals surface area contributed by atoms with Crippen LogP contribution in [0.2, 0.25) is 0 Å². The lowest BCUT2D eigenvalue weighted by atomic mass is 10.0. The van der Waals surface area contributed by atoms with Crippen molar-refractivity contribution >= 4 is 23.6 Å². The summed E-state index contributed by atoms with van der Waals surface area (Å²) in [5.74, 6) is -0.623. The van der Waals surface area contributed by atoms with Crippen LogP contribution in [-0.4, -0.2) is 16.7 Å². The molecule has 0 aromatic heterocycles. The highest BCUT2D eigenvalue weighted by molar-refractivity contribution is 5.98. The smallest absolute Gasteiger partial charge is 0.268 e. The van der Waals surface area contributed by atoms with Gasteiger partial charge in [-0.05, 0) is 35.3 Å². The zero-order valence-electron chi connectivity index (χ0n) is 14.4. The average Bonchev–Trinajstić information content (AvgIpc) is 2.64. The Bertz CT molecular complexity index is 825. The largest absolute Gasteiger partial charge is 0.269 e. The van der Waals surface area contributed by atoms with E-state index < -0.39 is 16.7 Å². The lowest BCUT2D eigenvalue weighted by Crippen LogP contribution is -2.40. The number of hydrogen-bond donors (Lipinski definition) is 2. The fraction of sp³-hybridized carbons (Fsp3) is 0.158. The molecule has 2 aromatic rings. The highest BCUT2D eigenvalue weighted by Gasteiger charge is 2.09. The van der Waals surface area contributed by atoms with Crippen LogP contribution < -0.4 is 10.9 Å². The van der Waals surface area contributed by atoms with Crippen molar-refractivity contribution in [3.8, 4) is 0 Å². The molecular weight excluding hydrogens is 334 g/mol. The van der Waals surface area contributed by atoms with Gasteiger partial charge in [-0.15, -0.1) is 0 Å². The molecule has 134 valence electrons. The minimum absolute atomic E-state index is 0.114. The molecule has 2 N–H and O–H groups in total. The van der Waals surface area contributed by atoms with Crippen molar-refractivity contribution in [2.45, 2.75) is 19.8 Å². The second kappa shape index (κ2) is 8.57. The number of hydrogen-bond acceptors (Lipinski definition) is 4. The number of nitrogens with zero attached hydrogens (tertiary/aromatic N) is 1. The van der Waals surface area contributed by atoms with Gasteiger partial charge in [0.05, 0.1) is 4.92 Å². The molecule has 0 aliphatic carbocycles. The van der Waals surface area contributed by atoms with Crippen LogP contribution in [0.15, 0.2) is 54.6 Å². The van der Waals surface area contributed by atoms with Crippen LogP contribution >= 0.6 is 0 Å². The van der Waals surface area contributed by atoms with Gasteiger partial charge in [0.2, 0.25) is 0 Å². The number of carbonyl (C=O) groups excluding carboxylic acids is 2. The molecule has 0 saturated carbocycles. The zero-order chi connectivity index (χ0) is 19.1. The summed E-state index contributed by atoms with van der Waals surface area (Å²) >= 11 is 0. The SMILES string of the molecule is CC(C)c1ccc(/C=C/C(=O)NNC(=O)c2ccc([N+](=O)[O-])cc2)cc1. The number of hydrazine groups is 1. The maximum atomic E-state index is 11.9. The predicted octanol–water partition coefficient (Wildman–Crippen LogP) is 3.19. The Hall–Kier alpha value is -3.48. The maximum Gasteiger partial charge on any atom is 0.269 e. The molecule has 0 unspecified atom stereocenters. The number of amides is 2. The highest BCUT2D eigenvalue weighted by atomic mass is 16.6. The Morgan fingerprint density at radius 1 is 1.00 bits per heavy atom. The molecule has 2 amide bonds. The van der Waals surface area contributed by atoms with Crippen molar-refractivity contribution in [2.75, 3.05) is 0 Å². The fourth-order valence-corrected chi connectivity index (χ4v) is 2.13. The summed E-state index contributed by atoms with van der Waals surface area (Å²) in [6.07, 6.45) is 2.94. The Morgan fingerprint density at radius 3 is 2.15 bits per heavy atom. The van der Waals surface area contributed by atoms with Gasteiger partial charge >= 0.3 is 0 Å². The fourth-order valence-electron chi connectivity index (χ4n) is 2.13. The quantitative estimate of drug-likeness (QED) is 0.489. The number of nitro benzene ring substituents is 1. The lowest BCUT2D eigenvalue weighted by molar-refractivity contribution is -0.384. The van der Waals surface area contributed by atoms with Crippen molar-refractivity contribution < 1.29 is 14.5 Å². The third-order valence-corrected chi connectivity index (χ3v) is 3.67. The van der Waals surface area contributed by atoms with Crippen LogP contribution in [0.1, 0.15) is 41.3 Å². The summed E-state index contributed by atoms with van der Waals surface area (Å²) in [6.45, 7) is 4.21. The Labute approximate surface area is 150 Å². The molecule has 0 fully saturated rings. The molecule has 0 heterocycles. The van der Waals surface area contributed by atoms with Gasteiger partial charge in [-0.3, -0.25) is 30.6 Å². The summed E-state index contributed by atoms with van der Waals surface area (Å²) in [4.78, 5) is 33.7. The van der Waals surface area contributed by atoms with E-state index in [0.29, 0.717) is 5.92 Å². The van der Waals surface area contributed by atoms with Gasteiger partial charge < -0.3 is 0 Å². The topological polar surface area (TPSA) is 101 Å². The third-order valence-electron chi connectivity index (χ3n) is 3.67. The summed E-state index contributed by atoms with van der Waals surface area (Å²) in [5, 5.41) is 10.6. The van der Waals surface area contributed by atoms with Crippen molar-refractivity contribution in [3.63, 3.8) is 0 Å². The number of rotatable bonds is 5. The summed E-state index contributed by atoms with van der Waals surface area (Å²) in [6, 6.07) is 12.9. The van der Waals surface area contributed by atoms with E-state index in [1.807, 2.05) is 24.3 Å². The molecule has 0 saturated heterocycles. The van der Waals surface area contributed by atoms with Gasteiger partial charge in [0.15, 0.2) is 0 Å². The normalized spacial score (nSPS) is 10.7. The molecule has 0 bridgehead atoms. The maximum absolute atomic E-state index is 11.9. The monoisotopic (exact) mass is 353 g/mol.